The zero-order chi connectivity index (χ0) is 13.8. The molecule has 0 saturated carbocycles. The van der Waals surface area contributed by atoms with E-state index in [0.717, 1.165) is 18.9 Å². The van der Waals surface area contributed by atoms with Gasteiger partial charge in [0.25, 0.3) is 0 Å². The van der Waals surface area contributed by atoms with Crippen LogP contribution in [0.25, 0.3) is 0 Å². The van der Waals surface area contributed by atoms with E-state index in [-0.39, 0.29) is 0 Å². The second-order valence-corrected chi connectivity index (χ2v) is 5.16. The Morgan fingerprint density at radius 3 is 3.05 bits per heavy atom. The van der Waals surface area contributed by atoms with Gasteiger partial charge in [-0.25, -0.2) is 9.97 Å². The molecule has 0 aliphatic carbocycles. The fourth-order valence-corrected chi connectivity index (χ4v) is 2.28. The molecule has 0 aromatic carbocycles. The van der Waals surface area contributed by atoms with E-state index in [1.807, 2.05) is 6.07 Å². The number of carboxylic acid groups (broad SMARTS) is 1. The maximum Gasteiger partial charge on any atom is 0.325 e. The quantitative estimate of drug-likeness (QED) is 0.860. The van der Waals surface area contributed by atoms with Gasteiger partial charge in [0.1, 0.15) is 24.0 Å². The first kappa shape index (κ1) is 13.6. The van der Waals surface area contributed by atoms with Crippen LogP contribution in [0.4, 0.5) is 11.6 Å². The Balaban J connectivity index is 2.08. The number of rotatable bonds is 4. The maximum absolute atomic E-state index is 10.8. The monoisotopic (exact) mass is 264 g/mol. The van der Waals surface area contributed by atoms with Crippen LogP contribution in [0.2, 0.25) is 0 Å². The molecule has 0 radical (unpaired) electrons. The van der Waals surface area contributed by atoms with E-state index in [1.54, 1.807) is 6.92 Å². The van der Waals surface area contributed by atoms with Gasteiger partial charge in [0.15, 0.2) is 0 Å². The third kappa shape index (κ3) is 3.56. The van der Waals surface area contributed by atoms with Crippen LogP contribution >= 0.6 is 0 Å². The fourth-order valence-electron chi connectivity index (χ4n) is 2.28. The van der Waals surface area contributed by atoms with Crippen LogP contribution in [0.1, 0.15) is 26.7 Å². The van der Waals surface area contributed by atoms with Gasteiger partial charge >= 0.3 is 5.97 Å². The summed E-state index contributed by atoms with van der Waals surface area (Å²) in [6, 6.07) is 1.15. The minimum Gasteiger partial charge on any atom is -0.480 e. The van der Waals surface area contributed by atoms with Crippen LogP contribution in [0.15, 0.2) is 12.4 Å². The Kier molecular flexibility index (Phi) is 4.19. The van der Waals surface area contributed by atoms with Crippen molar-refractivity contribution in [1.29, 1.82) is 0 Å². The van der Waals surface area contributed by atoms with Gasteiger partial charge in [0.2, 0.25) is 0 Å². The second kappa shape index (κ2) is 5.86. The predicted molar refractivity (Wildman–Crippen MR) is 73.4 cm³/mol. The Bertz CT molecular complexity index is 452. The third-order valence-corrected chi connectivity index (χ3v) is 3.37. The summed E-state index contributed by atoms with van der Waals surface area (Å²) in [5, 5.41) is 11.7. The molecule has 0 spiro atoms. The lowest BCUT2D eigenvalue weighted by molar-refractivity contribution is -0.137. The molecule has 1 fully saturated rings. The second-order valence-electron chi connectivity index (χ2n) is 5.16. The lowest BCUT2D eigenvalue weighted by Crippen LogP contribution is -2.35. The van der Waals surface area contributed by atoms with E-state index in [0.29, 0.717) is 11.7 Å². The van der Waals surface area contributed by atoms with Crippen molar-refractivity contribution in [3.05, 3.63) is 12.4 Å². The van der Waals surface area contributed by atoms with Crippen molar-refractivity contribution in [3.8, 4) is 0 Å². The molecule has 1 aromatic rings. The summed E-state index contributed by atoms with van der Waals surface area (Å²) in [6.07, 6.45) is 3.90. The molecule has 1 unspecified atom stereocenters. The molecule has 2 heterocycles. The van der Waals surface area contributed by atoms with Crippen LogP contribution in [0.5, 0.6) is 0 Å². The van der Waals surface area contributed by atoms with E-state index < -0.39 is 12.0 Å². The van der Waals surface area contributed by atoms with Gasteiger partial charge in [-0.15, -0.1) is 0 Å². The van der Waals surface area contributed by atoms with E-state index >= 15 is 0 Å². The topological polar surface area (TPSA) is 78.4 Å². The Labute approximate surface area is 112 Å². The van der Waals surface area contributed by atoms with Crippen molar-refractivity contribution in [2.45, 2.75) is 32.7 Å². The van der Waals surface area contributed by atoms with Crippen LogP contribution in [-0.2, 0) is 4.79 Å². The predicted octanol–water partition coefficient (Wildman–Crippen LogP) is 1.60. The Morgan fingerprint density at radius 2 is 2.37 bits per heavy atom. The third-order valence-electron chi connectivity index (χ3n) is 3.37. The first-order valence-electron chi connectivity index (χ1n) is 6.62. The molecule has 6 heteroatoms. The average Bonchev–Trinajstić information content (AvgIpc) is 2.39. The van der Waals surface area contributed by atoms with Gasteiger partial charge in [-0.05, 0) is 25.7 Å². The van der Waals surface area contributed by atoms with Gasteiger partial charge in [-0.3, -0.25) is 4.79 Å². The van der Waals surface area contributed by atoms with Crippen molar-refractivity contribution in [2.24, 2.45) is 5.92 Å². The van der Waals surface area contributed by atoms with Gasteiger partial charge in [0, 0.05) is 19.2 Å². The summed E-state index contributed by atoms with van der Waals surface area (Å²) in [5.41, 5.74) is 0. The molecule has 1 aromatic heterocycles. The highest BCUT2D eigenvalue weighted by Gasteiger charge is 2.18. The number of hydrogen-bond acceptors (Lipinski definition) is 5. The highest BCUT2D eigenvalue weighted by Crippen LogP contribution is 2.22. The number of carboxylic acids is 1. The van der Waals surface area contributed by atoms with Crippen LogP contribution in [0.3, 0.4) is 0 Å². The normalized spacial score (nSPS) is 20.9. The molecule has 6 nitrogen and oxygen atoms in total. The molecular formula is C13H20N4O2. The number of aromatic nitrogens is 2. The van der Waals surface area contributed by atoms with Crippen molar-refractivity contribution >= 4 is 17.6 Å². The number of hydrogen-bond donors (Lipinski definition) is 2. The summed E-state index contributed by atoms with van der Waals surface area (Å²) >= 11 is 0. The minimum atomic E-state index is -0.897. The molecule has 2 N–H and O–H groups in total. The molecule has 0 amide bonds. The summed E-state index contributed by atoms with van der Waals surface area (Å²) in [7, 11) is 0. The fraction of sp³-hybridized carbons (Fsp3) is 0.615. The van der Waals surface area contributed by atoms with Crippen molar-refractivity contribution < 1.29 is 9.90 Å². The Hall–Kier alpha value is -1.85. The van der Waals surface area contributed by atoms with Crippen LogP contribution in [-0.4, -0.2) is 40.2 Å². The van der Waals surface area contributed by atoms with E-state index in [1.165, 1.54) is 19.2 Å². The number of piperidine rings is 1. The van der Waals surface area contributed by atoms with Crippen molar-refractivity contribution in [2.75, 3.05) is 23.3 Å². The number of nitrogens with one attached hydrogen (secondary N) is 1. The molecule has 2 rings (SSSR count). The zero-order valence-electron chi connectivity index (χ0n) is 11.3. The lowest BCUT2D eigenvalue weighted by atomic mass is 10.0. The van der Waals surface area contributed by atoms with Gasteiger partial charge in [-0.2, -0.15) is 0 Å². The zero-order valence-corrected chi connectivity index (χ0v) is 11.3. The minimum absolute atomic E-state index is 0.554. The highest BCUT2D eigenvalue weighted by atomic mass is 16.4. The Morgan fingerprint density at radius 1 is 1.58 bits per heavy atom. The SMILES string of the molecule is CC1CCCN(c2cc(N[C@@H](C)C(=O)O)ncn2)C1. The molecule has 1 aliphatic heterocycles. The van der Waals surface area contributed by atoms with Gasteiger partial charge < -0.3 is 15.3 Å². The number of anilines is 2. The highest BCUT2D eigenvalue weighted by molar-refractivity contribution is 5.76. The smallest absolute Gasteiger partial charge is 0.325 e. The molecule has 1 aliphatic rings. The number of nitrogens with zero attached hydrogens (tertiary/aromatic N) is 3. The molecular weight excluding hydrogens is 244 g/mol. The van der Waals surface area contributed by atoms with Crippen LogP contribution < -0.4 is 10.2 Å². The van der Waals surface area contributed by atoms with Crippen LogP contribution in [0, 0.1) is 5.92 Å². The summed E-state index contributed by atoms with van der Waals surface area (Å²) in [4.78, 5) is 21.4. The molecule has 1 saturated heterocycles. The van der Waals surface area contributed by atoms with Crippen molar-refractivity contribution in [3.63, 3.8) is 0 Å². The molecule has 104 valence electrons. The first-order chi connectivity index (χ1) is 9.06. The first-order valence-corrected chi connectivity index (χ1v) is 6.62. The summed E-state index contributed by atoms with van der Waals surface area (Å²) < 4.78 is 0. The van der Waals surface area contributed by atoms with E-state index in [2.05, 4.69) is 27.1 Å². The molecule has 19 heavy (non-hydrogen) atoms. The van der Waals surface area contributed by atoms with Gasteiger partial charge in [0.05, 0.1) is 0 Å². The summed E-state index contributed by atoms with van der Waals surface area (Å²) in [5.74, 6) is 1.18. The number of carbonyl (C=O) groups is 1. The molecule has 0 bridgehead atoms. The standard InChI is InChI=1S/C13H20N4O2/c1-9-4-3-5-17(7-9)12-6-11(14-8-15-12)16-10(2)13(18)19/h6,8-10H,3-5,7H2,1-2H3,(H,18,19)(H,14,15,16)/t9?,10-/m0/s1. The van der Waals surface area contributed by atoms with Gasteiger partial charge in [-0.1, -0.05) is 6.92 Å². The van der Waals surface area contributed by atoms with E-state index in [4.69, 9.17) is 5.11 Å². The molecule has 2 atom stereocenters. The maximum atomic E-state index is 10.8. The largest absolute Gasteiger partial charge is 0.480 e. The van der Waals surface area contributed by atoms with E-state index in [9.17, 15) is 4.79 Å². The average molecular weight is 264 g/mol. The summed E-state index contributed by atoms with van der Waals surface area (Å²) in [6.45, 7) is 5.81. The number of aliphatic carboxylic acids is 1. The van der Waals surface area contributed by atoms with Crippen molar-refractivity contribution in [1.82, 2.24) is 9.97 Å². The lowest BCUT2D eigenvalue weighted by Gasteiger charge is -2.31.